The standard InChI is InChI=1S/C16H12FNOS/c17-14-7-3-1-5-11(14)9-18-16(19)13-10-20-15-8-4-2-6-12(13)15/h1-8,10H,9H2,(H,18,19). The maximum atomic E-state index is 13.5. The topological polar surface area (TPSA) is 29.1 Å². The van der Waals surface area contributed by atoms with Gasteiger partial charge in [0.2, 0.25) is 0 Å². The third kappa shape index (κ3) is 2.42. The number of halogens is 1. The fourth-order valence-electron chi connectivity index (χ4n) is 2.07. The molecule has 1 N–H and O–H groups in total. The Morgan fingerprint density at radius 2 is 1.85 bits per heavy atom. The summed E-state index contributed by atoms with van der Waals surface area (Å²) in [5.74, 6) is -0.478. The number of hydrogen-bond acceptors (Lipinski definition) is 2. The Morgan fingerprint density at radius 3 is 2.70 bits per heavy atom. The summed E-state index contributed by atoms with van der Waals surface area (Å²) >= 11 is 1.53. The lowest BCUT2D eigenvalue weighted by atomic mass is 10.1. The van der Waals surface area contributed by atoms with E-state index in [1.807, 2.05) is 29.6 Å². The molecule has 1 heterocycles. The predicted molar refractivity (Wildman–Crippen MR) is 79.4 cm³/mol. The van der Waals surface area contributed by atoms with Gasteiger partial charge in [0.1, 0.15) is 5.82 Å². The van der Waals surface area contributed by atoms with Crippen LogP contribution in [0.3, 0.4) is 0 Å². The lowest BCUT2D eigenvalue weighted by Crippen LogP contribution is -2.22. The zero-order valence-electron chi connectivity index (χ0n) is 10.6. The fraction of sp³-hybridized carbons (Fsp3) is 0.0625. The Bertz CT molecular complexity index is 766. The molecule has 0 saturated carbocycles. The molecule has 0 spiro atoms. The van der Waals surface area contributed by atoms with Crippen LogP contribution >= 0.6 is 11.3 Å². The molecule has 3 aromatic rings. The first-order chi connectivity index (χ1) is 9.75. The van der Waals surface area contributed by atoms with E-state index in [1.54, 1.807) is 18.2 Å². The molecule has 0 aliphatic heterocycles. The summed E-state index contributed by atoms with van der Waals surface area (Å²) in [5, 5.41) is 5.53. The number of carbonyl (C=O) groups excluding carboxylic acids is 1. The third-order valence-electron chi connectivity index (χ3n) is 3.12. The van der Waals surface area contributed by atoms with Crippen molar-refractivity contribution in [3.8, 4) is 0 Å². The number of benzene rings is 2. The van der Waals surface area contributed by atoms with Crippen LogP contribution in [-0.4, -0.2) is 5.91 Å². The van der Waals surface area contributed by atoms with Crippen molar-refractivity contribution in [1.29, 1.82) is 0 Å². The van der Waals surface area contributed by atoms with E-state index < -0.39 is 0 Å². The van der Waals surface area contributed by atoms with Crippen LogP contribution in [0.25, 0.3) is 10.1 Å². The van der Waals surface area contributed by atoms with Crippen molar-refractivity contribution in [3.63, 3.8) is 0 Å². The van der Waals surface area contributed by atoms with Gasteiger partial charge in [-0.1, -0.05) is 36.4 Å². The molecule has 0 aliphatic carbocycles. The van der Waals surface area contributed by atoms with Gasteiger partial charge in [0.05, 0.1) is 5.56 Å². The molecule has 0 fully saturated rings. The smallest absolute Gasteiger partial charge is 0.253 e. The van der Waals surface area contributed by atoms with Crippen LogP contribution in [-0.2, 0) is 6.54 Å². The monoisotopic (exact) mass is 285 g/mol. The lowest BCUT2D eigenvalue weighted by molar-refractivity contribution is 0.0952. The maximum Gasteiger partial charge on any atom is 0.253 e. The van der Waals surface area contributed by atoms with Crippen molar-refractivity contribution in [2.75, 3.05) is 0 Å². The van der Waals surface area contributed by atoms with Crippen LogP contribution in [0.4, 0.5) is 4.39 Å². The number of nitrogens with one attached hydrogen (secondary N) is 1. The minimum atomic E-state index is -0.303. The molecule has 0 aliphatic rings. The second-order valence-corrected chi connectivity index (χ2v) is 5.33. The average Bonchev–Trinajstić information content (AvgIpc) is 2.90. The highest BCUT2D eigenvalue weighted by molar-refractivity contribution is 7.17. The molecule has 0 bridgehead atoms. The Balaban J connectivity index is 1.79. The van der Waals surface area contributed by atoms with Crippen molar-refractivity contribution in [3.05, 3.63) is 70.9 Å². The Labute approximate surface area is 119 Å². The molecular formula is C16H12FNOS. The van der Waals surface area contributed by atoms with Crippen molar-refractivity contribution in [2.24, 2.45) is 0 Å². The minimum Gasteiger partial charge on any atom is -0.348 e. The van der Waals surface area contributed by atoms with E-state index in [4.69, 9.17) is 0 Å². The van der Waals surface area contributed by atoms with Gasteiger partial charge in [-0.05, 0) is 12.1 Å². The van der Waals surface area contributed by atoms with Crippen molar-refractivity contribution in [2.45, 2.75) is 6.54 Å². The lowest BCUT2D eigenvalue weighted by Gasteiger charge is -2.05. The number of hydrogen-bond donors (Lipinski definition) is 1. The van der Waals surface area contributed by atoms with E-state index in [2.05, 4.69) is 5.32 Å². The molecule has 100 valence electrons. The Hall–Kier alpha value is -2.20. The zero-order valence-corrected chi connectivity index (χ0v) is 11.4. The molecular weight excluding hydrogens is 273 g/mol. The summed E-state index contributed by atoms with van der Waals surface area (Å²) in [6.07, 6.45) is 0. The van der Waals surface area contributed by atoms with E-state index >= 15 is 0 Å². The van der Waals surface area contributed by atoms with E-state index in [1.165, 1.54) is 17.4 Å². The molecule has 20 heavy (non-hydrogen) atoms. The summed E-state index contributed by atoms with van der Waals surface area (Å²) < 4.78 is 14.6. The number of amides is 1. The van der Waals surface area contributed by atoms with Crippen LogP contribution < -0.4 is 5.32 Å². The van der Waals surface area contributed by atoms with Crippen molar-refractivity contribution < 1.29 is 9.18 Å². The van der Waals surface area contributed by atoms with Crippen LogP contribution in [0.1, 0.15) is 15.9 Å². The van der Waals surface area contributed by atoms with Gasteiger partial charge in [-0.3, -0.25) is 4.79 Å². The highest BCUT2D eigenvalue weighted by atomic mass is 32.1. The molecule has 2 aromatic carbocycles. The number of fused-ring (bicyclic) bond motifs is 1. The first kappa shape index (κ1) is 12.8. The number of carbonyl (C=O) groups is 1. The highest BCUT2D eigenvalue weighted by Gasteiger charge is 2.12. The summed E-state index contributed by atoms with van der Waals surface area (Å²) in [6, 6.07) is 14.2. The molecule has 0 saturated heterocycles. The quantitative estimate of drug-likeness (QED) is 0.775. The van der Waals surface area contributed by atoms with E-state index in [-0.39, 0.29) is 18.3 Å². The van der Waals surface area contributed by atoms with Crippen LogP contribution in [0.2, 0.25) is 0 Å². The zero-order chi connectivity index (χ0) is 13.9. The fourth-order valence-corrected chi connectivity index (χ4v) is 3.01. The summed E-state index contributed by atoms with van der Waals surface area (Å²) in [5.41, 5.74) is 1.13. The third-order valence-corrected chi connectivity index (χ3v) is 4.09. The van der Waals surface area contributed by atoms with Crippen molar-refractivity contribution >= 4 is 27.3 Å². The first-order valence-corrected chi connectivity index (χ1v) is 7.11. The van der Waals surface area contributed by atoms with E-state index in [0.29, 0.717) is 11.1 Å². The molecule has 1 amide bonds. The molecule has 0 unspecified atom stereocenters. The molecule has 4 heteroatoms. The van der Waals surface area contributed by atoms with Gasteiger partial charge in [-0.2, -0.15) is 0 Å². The Kier molecular flexibility index (Phi) is 3.48. The van der Waals surface area contributed by atoms with Gasteiger partial charge in [-0.25, -0.2) is 4.39 Å². The van der Waals surface area contributed by atoms with Crippen LogP contribution in [0.5, 0.6) is 0 Å². The average molecular weight is 285 g/mol. The summed E-state index contributed by atoms with van der Waals surface area (Å²) in [6.45, 7) is 0.190. The van der Waals surface area contributed by atoms with E-state index in [9.17, 15) is 9.18 Å². The molecule has 2 nitrogen and oxygen atoms in total. The normalized spacial score (nSPS) is 10.7. The van der Waals surface area contributed by atoms with Crippen LogP contribution in [0.15, 0.2) is 53.9 Å². The maximum absolute atomic E-state index is 13.5. The highest BCUT2D eigenvalue weighted by Crippen LogP contribution is 2.25. The summed E-state index contributed by atoms with van der Waals surface area (Å²) in [4.78, 5) is 12.2. The largest absolute Gasteiger partial charge is 0.348 e. The Morgan fingerprint density at radius 1 is 1.10 bits per heavy atom. The van der Waals surface area contributed by atoms with Gasteiger partial charge >= 0.3 is 0 Å². The molecule has 3 rings (SSSR count). The van der Waals surface area contributed by atoms with Crippen LogP contribution in [0, 0.1) is 5.82 Å². The molecule has 0 radical (unpaired) electrons. The van der Waals surface area contributed by atoms with Gasteiger partial charge in [0, 0.05) is 27.6 Å². The number of thiophene rings is 1. The summed E-state index contributed by atoms with van der Waals surface area (Å²) in [7, 11) is 0. The van der Waals surface area contributed by atoms with Gasteiger partial charge < -0.3 is 5.32 Å². The van der Waals surface area contributed by atoms with E-state index in [0.717, 1.165) is 10.1 Å². The van der Waals surface area contributed by atoms with Gasteiger partial charge in [0.15, 0.2) is 0 Å². The van der Waals surface area contributed by atoms with Gasteiger partial charge in [0.25, 0.3) is 5.91 Å². The SMILES string of the molecule is O=C(NCc1ccccc1F)c1csc2ccccc12. The molecule has 0 atom stereocenters. The second-order valence-electron chi connectivity index (χ2n) is 4.42. The second kappa shape index (κ2) is 5.43. The molecule has 1 aromatic heterocycles. The van der Waals surface area contributed by atoms with Crippen molar-refractivity contribution in [1.82, 2.24) is 5.32 Å². The van der Waals surface area contributed by atoms with Gasteiger partial charge in [-0.15, -0.1) is 11.3 Å². The first-order valence-electron chi connectivity index (χ1n) is 6.23. The number of rotatable bonds is 3. The predicted octanol–water partition coefficient (Wildman–Crippen LogP) is 3.97. The minimum absolute atomic E-state index is 0.175.